The van der Waals surface area contributed by atoms with E-state index in [0.29, 0.717) is 0 Å². The monoisotopic (exact) mass is 278 g/mol. The first-order valence-electron chi connectivity index (χ1n) is 6.10. The van der Waals surface area contributed by atoms with Crippen molar-refractivity contribution in [3.8, 4) is 16.2 Å². The number of fused-ring (bicyclic) bond motifs is 1. The van der Waals surface area contributed by atoms with Gasteiger partial charge in [0.2, 0.25) is 0 Å². The topological polar surface area (TPSA) is 9.23 Å². The molecule has 18 heavy (non-hydrogen) atoms. The maximum absolute atomic E-state index is 6.05. The molecule has 0 atom stereocenters. The van der Waals surface area contributed by atoms with Gasteiger partial charge in [-0.05, 0) is 35.6 Å². The third-order valence-electron chi connectivity index (χ3n) is 3.53. The molecule has 1 aliphatic heterocycles. The molecular weight excluding hydrogens is 264 g/mol. The lowest BCUT2D eigenvalue weighted by Gasteiger charge is -2.34. The van der Waals surface area contributed by atoms with Crippen molar-refractivity contribution in [2.24, 2.45) is 0 Å². The first-order chi connectivity index (χ1) is 8.58. The Balaban J connectivity index is 2.22. The number of thiophene rings is 1. The van der Waals surface area contributed by atoms with E-state index in [-0.39, 0.29) is 5.41 Å². The summed E-state index contributed by atoms with van der Waals surface area (Å²) in [6.45, 7) is 5.37. The molecule has 0 radical (unpaired) electrons. The fourth-order valence-electron chi connectivity index (χ4n) is 2.56. The van der Waals surface area contributed by atoms with Crippen LogP contribution in [-0.4, -0.2) is 6.61 Å². The largest absolute Gasteiger partial charge is 0.493 e. The van der Waals surface area contributed by atoms with Gasteiger partial charge in [-0.15, -0.1) is 11.3 Å². The maximum atomic E-state index is 6.05. The normalized spacial score (nSPS) is 17.1. The lowest BCUT2D eigenvalue weighted by atomic mass is 9.77. The molecule has 0 saturated heterocycles. The zero-order valence-electron chi connectivity index (χ0n) is 10.5. The second-order valence-electron chi connectivity index (χ2n) is 5.26. The van der Waals surface area contributed by atoms with Crippen molar-refractivity contribution in [1.29, 1.82) is 0 Å². The standard InChI is InChI=1S/C15H15ClOS/c1-15(2)8-9-17-11-5-3-4-10(14(11)15)12-6-7-13(16)18-12/h3-7H,8-9H2,1-2H3. The van der Waals surface area contributed by atoms with Crippen LogP contribution in [0, 0.1) is 0 Å². The number of hydrogen-bond donors (Lipinski definition) is 0. The summed E-state index contributed by atoms with van der Waals surface area (Å²) in [5, 5.41) is 0. The summed E-state index contributed by atoms with van der Waals surface area (Å²) >= 11 is 7.68. The van der Waals surface area contributed by atoms with Gasteiger partial charge in [-0.1, -0.05) is 37.6 Å². The Kier molecular flexibility index (Phi) is 2.87. The van der Waals surface area contributed by atoms with E-state index in [1.165, 1.54) is 16.0 Å². The SMILES string of the molecule is CC1(C)CCOc2cccc(-c3ccc(Cl)s3)c21. The molecule has 3 heteroatoms. The Hall–Kier alpha value is -0.990. The molecule has 0 fully saturated rings. The molecule has 3 rings (SSSR count). The van der Waals surface area contributed by atoms with Crippen molar-refractivity contribution < 1.29 is 4.74 Å². The van der Waals surface area contributed by atoms with Crippen LogP contribution < -0.4 is 4.74 Å². The molecule has 2 aromatic rings. The lowest BCUT2D eigenvalue weighted by Crippen LogP contribution is -2.27. The van der Waals surface area contributed by atoms with Crippen LogP contribution in [0.15, 0.2) is 30.3 Å². The van der Waals surface area contributed by atoms with Crippen molar-refractivity contribution in [2.45, 2.75) is 25.7 Å². The van der Waals surface area contributed by atoms with Gasteiger partial charge < -0.3 is 4.74 Å². The van der Waals surface area contributed by atoms with Gasteiger partial charge in [0.25, 0.3) is 0 Å². The Morgan fingerprint density at radius 3 is 2.78 bits per heavy atom. The fourth-order valence-corrected chi connectivity index (χ4v) is 3.63. The van der Waals surface area contributed by atoms with E-state index in [1.807, 2.05) is 6.07 Å². The third-order valence-corrected chi connectivity index (χ3v) is 4.79. The fraction of sp³-hybridized carbons (Fsp3) is 0.333. The van der Waals surface area contributed by atoms with Crippen molar-refractivity contribution >= 4 is 22.9 Å². The summed E-state index contributed by atoms with van der Waals surface area (Å²) in [4.78, 5) is 1.22. The van der Waals surface area contributed by atoms with Gasteiger partial charge in [0.1, 0.15) is 5.75 Å². The van der Waals surface area contributed by atoms with E-state index in [4.69, 9.17) is 16.3 Å². The van der Waals surface area contributed by atoms with Crippen LogP contribution in [0.25, 0.3) is 10.4 Å². The van der Waals surface area contributed by atoms with Crippen LogP contribution in [-0.2, 0) is 5.41 Å². The Bertz CT molecular complexity index is 586. The van der Waals surface area contributed by atoms with E-state index in [9.17, 15) is 0 Å². The van der Waals surface area contributed by atoms with Gasteiger partial charge in [-0.3, -0.25) is 0 Å². The molecule has 0 saturated carbocycles. The van der Waals surface area contributed by atoms with Gasteiger partial charge in [-0.25, -0.2) is 0 Å². The predicted octanol–water partition coefficient (Wildman–Crippen LogP) is 5.13. The number of rotatable bonds is 1. The van der Waals surface area contributed by atoms with Crippen LogP contribution in [0.3, 0.4) is 0 Å². The van der Waals surface area contributed by atoms with E-state index >= 15 is 0 Å². The van der Waals surface area contributed by atoms with Gasteiger partial charge in [0.05, 0.1) is 10.9 Å². The van der Waals surface area contributed by atoms with Crippen molar-refractivity contribution in [3.05, 3.63) is 40.2 Å². The van der Waals surface area contributed by atoms with E-state index < -0.39 is 0 Å². The third kappa shape index (κ3) is 1.94. The number of benzene rings is 1. The molecule has 2 heterocycles. The molecule has 0 aliphatic carbocycles. The minimum atomic E-state index is 0.153. The summed E-state index contributed by atoms with van der Waals surface area (Å²) in [5.74, 6) is 1.02. The summed E-state index contributed by atoms with van der Waals surface area (Å²) in [6, 6.07) is 10.3. The van der Waals surface area contributed by atoms with Crippen molar-refractivity contribution in [1.82, 2.24) is 0 Å². The first-order valence-corrected chi connectivity index (χ1v) is 7.29. The highest BCUT2D eigenvalue weighted by molar-refractivity contribution is 7.19. The molecule has 0 bridgehead atoms. The second kappa shape index (κ2) is 4.29. The van der Waals surface area contributed by atoms with Crippen LogP contribution in [0.1, 0.15) is 25.8 Å². The van der Waals surface area contributed by atoms with Gasteiger partial charge in [0.15, 0.2) is 0 Å². The highest BCUT2D eigenvalue weighted by Gasteiger charge is 2.31. The number of halogens is 1. The molecule has 0 N–H and O–H groups in total. The van der Waals surface area contributed by atoms with Crippen molar-refractivity contribution in [2.75, 3.05) is 6.61 Å². The molecule has 1 nitrogen and oxygen atoms in total. The molecule has 0 unspecified atom stereocenters. The molecule has 1 aliphatic rings. The zero-order chi connectivity index (χ0) is 12.8. The first kappa shape index (κ1) is 12.1. The molecule has 1 aromatic heterocycles. The van der Waals surface area contributed by atoms with Gasteiger partial charge in [-0.2, -0.15) is 0 Å². The van der Waals surface area contributed by atoms with E-state index in [0.717, 1.165) is 23.1 Å². The highest BCUT2D eigenvalue weighted by Crippen LogP contribution is 2.45. The van der Waals surface area contributed by atoms with Crippen LogP contribution in [0.5, 0.6) is 5.75 Å². The number of ether oxygens (including phenoxy) is 1. The quantitative estimate of drug-likeness (QED) is 0.703. The van der Waals surface area contributed by atoms with Gasteiger partial charge >= 0.3 is 0 Å². The lowest BCUT2D eigenvalue weighted by molar-refractivity contribution is 0.235. The highest BCUT2D eigenvalue weighted by atomic mass is 35.5. The zero-order valence-corrected chi connectivity index (χ0v) is 12.1. The second-order valence-corrected chi connectivity index (χ2v) is 6.98. The summed E-state index contributed by atoms with van der Waals surface area (Å²) < 4.78 is 6.63. The van der Waals surface area contributed by atoms with Gasteiger partial charge in [0, 0.05) is 10.4 Å². The predicted molar refractivity (Wildman–Crippen MR) is 77.9 cm³/mol. The van der Waals surface area contributed by atoms with Crippen LogP contribution in [0.2, 0.25) is 4.34 Å². The Labute approximate surface area is 116 Å². The molecular formula is C15H15ClOS. The van der Waals surface area contributed by atoms with Crippen LogP contribution in [0.4, 0.5) is 0 Å². The average Bonchev–Trinajstić information content (AvgIpc) is 2.75. The summed E-state index contributed by atoms with van der Waals surface area (Å²) in [6.07, 6.45) is 1.05. The molecule has 0 spiro atoms. The summed E-state index contributed by atoms with van der Waals surface area (Å²) in [5.41, 5.74) is 2.73. The molecule has 0 amide bonds. The van der Waals surface area contributed by atoms with E-state index in [1.54, 1.807) is 11.3 Å². The molecule has 1 aromatic carbocycles. The number of hydrogen-bond acceptors (Lipinski definition) is 2. The van der Waals surface area contributed by atoms with Crippen LogP contribution >= 0.6 is 22.9 Å². The molecule has 94 valence electrons. The smallest absolute Gasteiger partial charge is 0.123 e. The average molecular weight is 279 g/mol. The minimum Gasteiger partial charge on any atom is -0.493 e. The Morgan fingerprint density at radius 1 is 1.22 bits per heavy atom. The maximum Gasteiger partial charge on any atom is 0.123 e. The minimum absolute atomic E-state index is 0.153. The van der Waals surface area contributed by atoms with Crippen molar-refractivity contribution in [3.63, 3.8) is 0 Å². The van der Waals surface area contributed by atoms with E-state index in [2.05, 4.69) is 38.1 Å². The summed E-state index contributed by atoms with van der Waals surface area (Å²) in [7, 11) is 0. The Morgan fingerprint density at radius 2 is 2.06 bits per heavy atom.